The summed E-state index contributed by atoms with van der Waals surface area (Å²) < 4.78 is 5.55. The highest BCUT2D eigenvalue weighted by atomic mass is 16.5. The maximum atomic E-state index is 11.6. The summed E-state index contributed by atoms with van der Waals surface area (Å²) >= 11 is 0. The van der Waals surface area contributed by atoms with Gasteiger partial charge < -0.3 is 10.5 Å². The zero-order valence-electron chi connectivity index (χ0n) is 12.2. The average Bonchev–Trinajstić information content (AvgIpc) is 2.36. The third-order valence-corrected chi connectivity index (χ3v) is 3.14. The van der Waals surface area contributed by atoms with E-state index in [-0.39, 0.29) is 12.1 Å². The molecule has 0 aliphatic heterocycles. The number of ether oxygens (including phenoxy) is 1. The molecule has 0 saturated heterocycles. The van der Waals surface area contributed by atoms with Crippen LogP contribution >= 0.6 is 0 Å². The SMILES string of the molecule is CCCCCC(CCCCC)OC(=O)CCCN. The second-order valence-electron chi connectivity index (χ2n) is 5.00. The monoisotopic (exact) mass is 257 g/mol. The number of unbranched alkanes of at least 4 members (excludes halogenated alkanes) is 4. The molecule has 0 radical (unpaired) electrons. The molecular weight excluding hydrogens is 226 g/mol. The standard InChI is InChI=1S/C15H31NO2/c1-3-5-7-10-14(11-8-6-4-2)18-15(17)12-9-13-16/h14H,3-13,16H2,1-2H3. The molecule has 0 aliphatic carbocycles. The number of carbonyl (C=O) groups excluding carboxylic acids is 1. The van der Waals surface area contributed by atoms with Crippen molar-refractivity contribution in [3.63, 3.8) is 0 Å². The fraction of sp³-hybridized carbons (Fsp3) is 0.933. The van der Waals surface area contributed by atoms with Gasteiger partial charge in [-0.1, -0.05) is 39.5 Å². The molecule has 3 nitrogen and oxygen atoms in total. The average molecular weight is 257 g/mol. The summed E-state index contributed by atoms with van der Waals surface area (Å²) in [5.74, 6) is -0.0709. The van der Waals surface area contributed by atoms with Crippen LogP contribution in [0, 0.1) is 0 Å². The third kappa shape index (κ3) is 10.6. The molecule has 0 amide bonds. The van der Waals surface area contributed by atoms with Crippen LogP contribution in [0.1, 0.15) is 78.1 Å². The number of hydrogen-bond donors (Lipinski definition) is 1. The Kier molecular flexibility index (Phi) is 12.5. The minimum atomic E-state index is -0.0709. The van der Waals surface area contributed by atoms with Gasteiger partial charge in [0.05, 0.1) is 0 Å². The van der Waals surface area contributed by atoms with Gasteiger partial charge in [0.25, 0.3) is 0 Å². The number of carbonyl (C=O) groups is 1. The van der Waals surface area contributed by atoms with Crippen LogP contribution in [-0.2, 0) is 9.53 Å². The van der Waals surface area contributed by atoms with Crippen molar-refractivity contribution in [3.8, 4) is 0 Å². The lowest BCUT2D eigenvalue weighted by atomic mass is 10.0. The molecule has 0 heterocycles. The normalized spacial score (nSPS) is 10.9. The Morgan fingerprint density at radius 1 is 1.00 bits per heavy atom. The molecule has 0 fully saturated rings. The maximum Gasteiger partial charge on any atom is 0.306 e. The van der Waals surface area contributed by atoms with Gasteiger partial charge >= 0.3 is 5.97 Å². The summed E-state index contributed by atoms with van der Waals surface area (Å²) in [6.07, 6.45) is 10.6. The first-order chi connectivity index (χ1) is 8.74. The van der Waals surface area contributed by atoms with Gasteiger partial charge in [-0.25, -0.2) is 0 Å². The van der Waals surface area contributed by atoms with Crippen molar-refractivity contribution in [2.45, 2.75) is 84.2 Å². The first-order valence-electron chi connectivity index (χ1n) is 7.64. The molecule has 0 atom stereocenters. The highest BCUT2D eigenvalue weighted by molar-refractivity contribution is 5.69. The Hall–Kier alpha value is -0.570. The lowest BCUT2D eigenvalue weighted by molar-refractivity contribution is -0.149. The number of hydrogen-bond acceptors (Lipinski definition) is 3. The highest BCUT2D eigenvalue weighted by Gasteiger charge is 2.13. The Labute approximate surface area is 112 Å². The summed E-state index contributed by atoms with van der Waals surface area (Å²) in [5, 5.41) is 0. The number of nitrogens with two attached hydrogens (primary N) is 1. The van der Waals surface area contributed by atoms with E-state index in [0.29, 0.717) is 13.0 Å². The fourth-order valence-electron chi connectivity index (χ4n) is 2.00. The van der Waals surface area contributed by atoms with Gasteiger partial charge in [-0.2, -0.15) is 0 Å². The quantitative estimate of drug-likeness (QED) is 0.427. The van der Waals surface area contributed by atoms with Gasteiger partial charge in [0, 0.05) is 6.42 Å². The van der Waals surface area contributed by atoms with E-state index in [2.05, 4.69) is 13.8 Å². The summed E-state index contributed by atoms with van der Waals surface area (Å²) in [6, 6.07) is 0. The molecule has 3 heteroatoms. The highest BCUT2D eigenvalue weighted by Crippen LogP contribution is 2.15. The number of esters is 1. The third-order valence-electron chi connectivity index (χ3n) is 3.14. The molecule has 18 heavy (non-hydrogen) atoms. The van der Waals surface area contributed by atoms with Crippen LogP contribution in [-0.4, -0.2) is 18.6 Å². The van der Waals surface area contributed by atoms with Crippen molar-refractivity contribution in [2.75, 3.05) is 6.54 Å². The molecule has 0 bridgehead atoms. The molecule has 0 aliphatic rings. The molecule has 0 aromatic rings. The first kappa shape index (κ1) is 17.4. The minimum absolute atomic E-state index is 0.0709. The maximum absolute atomic E-state index is 11.6. The largest absolute Gasteiger partial charge is 0.462 e. The van der Waals surface area contributed by atoms with E-state index in [1.807, 2.05) is 0 Å². The molecule has 0 aromatic heterocycles. The van der Waals surface area contributed by atoms with Crippen LogP contribution in [0.5, 0.6) is 0 Å². The Morgan fingerprint density at radius 3 is 2.00 bits per heavy atom. The zero-order valence-corrected chi connectivity index (χ0v) is 12.2. The molecule has 0 aromatic carbocycles. The van der Waals surface area contributed by atoms with E-state index >= 15 is 0 Å². The molecule has 0 saturated carbocycles. The van der Waals surface area contributed by atoms with Crippen molar-refractivity contribution in [1.82, 2.24) is 0 Å². The Balaban J connectivity index is 3.89. The van der Waals surface area contributed by atoms with Gasteiger partial charge in [0.1, 0.15) is 6.10 Å². The van der Waals surface area contributed by atoms with Crippen LogP contribution in [0.4, 0.5) is 0 Å². The van der Waals surface area contributed by atoms with E-state index in [9.17, 15) is 4.79 Å². The molecule has 0 unspecified atom stereocenters. The van der Waals surface area contributed by atoms with Crippen LogP contribution in [0.15, 0.2) is 0 Å². The van der Waals surface area contributed by atoms with E-state index in [1.54, 1.807) is 0 Å². The van der Waals surface area contributed by atoms with Crippen molar-refractivity contribution in [1.29, 1.82) is 0 Å². The molecule has 108 valence electrons. The van der Waals surface area contributed by atoms with Gasteiger partial charge in [-0.15, -0.1) is 0 Å². The van der Waals surface area contributed by atoms with Crippen molar-refractivity contribution in [3.05, 3.63) is 0 Å². The van der Waals surface area contributed by atoms with E-state index in [1.165, 1.54) is 25.7 Å². The minimum Gasteiger partial charge on any atom is -0.462 e. The van der Waals surface area contributed by atoms with E-state index < -0.39 is 0 Å². The van der Waals surface area contributed by atoms with E-state index in [4.69, 9.17) is 10.5 Å². The smallest absolute Gasteiger partial charge is 0.306 e. The second kappa shape index (κ2) is 12.9. The van der Waals surface area contributed by atoms with Crippen LogP contribution in [0.25, 0.3) is 0 Å². The predicted octanol–water partition coefficient (Wildman–Crippen LogP) is 3.80. The topological polar surface area (TPSA) is 52.3 Å². The van der Waals surface area contributed by atoms with Gasteiger partial charge in [0.2, 0.25) is 0 Å². The summed E-state index contributed by atoms with van der Waals surface area (Å²) in [5.41, 5.74) is 5.40. The van der Waals surface area contributed by atoms with Crippen LogP contribution < -0.4 is 5.73 Å². The summed E-state index contributed by atoms with van der Waals surface area (Å²) in [6.45, 7) is 4.95. The lowest BCUT2D eigenvalue weighted by Gasteiger charge is -2.17. The van der Waals surface area contributed by atoms with Crippen molar-refractivity contribution < 1.29 is 9.53 Å². The first-order valence-corrected chi connectivity index (χ1v) is 7.64. The van der Waals surface area contributed by atoms with Crippen molar-refractivity contribution in [2.24, 2.45) is 5.73 Å². The molecular formula is C15H31NO2. The summed E-state index contributed by atoms with van der Waals surface area (Å²) in [7, 11) is 0. The Bertz CT molecular complexity index is 185. The fourth-order valence-corrected chi connectivity index (χ4v) is 2.00. The van der Waals surface area contributed by atoms with Crippen molar-refractivity contribution >= 4 is 5.97 Å². The lowest BCUT2D eigenvalue weighted by Crippen LogP contribution is -2.19. The predicted molar refractivity (Wildman–Crippen MR) is 76.5 cm³/mol. The molecule has 0 rings (SSSR count). The van der Waals surface area contributed by atoms with Gasteiger partial charge in [-0.05, 0) is 38.6 Å². The van der Waals surface area contributed by atoms with Crippen LogP contribution in [0.2, 0.25) is 0 Å². The van der Waals surface area contributed by atoms with Gasteiger partial charge in [-0.3, -0.25) is 4.79 Å². The zero-order chi connectivity index (χ0) is 13.6. The Morgan fingerprint density at radius 2 is 1.56 bits per heavy atom. The number of rotatable bonds is 12. The van der Waals surface area contributed by atoms with E-state index in [0.717, 1.165) is 32.1 Å². The second-order valence-corrected chi connectivity index (χ2v) is 5.00. The van der Waals surface area contributed by atoms with Gasteiger partial charge in [0.15, 0.2) is 0 Å². The van der Waals surface area contributed by atoms with Crippen LogP contribution in [0.3, 0.4) is 0 Å². The molecule has 2 N–H and O–H groups in total. The molecule has 0 spiro atoms. The summed E-state index contributed by atoms with van der Waals surface area (Å²) in [4.78, 5) is 11.6.